The van der Waals surface area contributed by atoms with Gasteiger partial charge in [-0.2, -0.15) is 0 Å². The molecule has 5 heteroatoms. The molecule has 1 N–H and O–H groups in total. The number of aryl methyl sites for hydroxylation is 2. The van der Waals surface area contributed by atoms with Crippen LogP contribution in [0.15, 0.2) is 91.0 Å². The van der Waals surface area contributed by atoms with Gasteiger partial charge < -0.3 is 14.6 Å². The summed E-state index contributed by atoms with van der Waals surface area (Å²) in [7, 11) is 0. The number of hydrogen-bond donors (Lipinski definition) is 1. The van der Waals surface area contributed by atoms with Crippen LogP contribution >= 0.6 is 0 Å². The van der Waals surface area contributed by atoms with Crippen LogP contribution in [0.4, 0.5) is 0 Å². The molecule has 35 heavy (non-hydrogen) atoms. The summed E-state index contributed by atoms with van der Waals surface area (Å²) in [6.45, 7) is 3.84. The molecule has 1 amide bonds. The topological polar surface area (TPSA) is 56.2 Å². The van der Waals surface area contributed by atoms with Crippen LogP contribution < -0.4 is 10.1 Å². The molecule has 0 aliphatic carbocycles. The normalized spacial score (nSPS) is 11.1. The minimum atomic E-state index is -0.0364. The Bertz CT molecular complexity index is 1470. The number of carbonyl (C=O) groups excluding carboxylic acids is 1. The van der Waals surface area contributed by atoms with Crippen molar-refractivity contribution < 1.29 is 9.53 Å². The van der Waals surface area contributed by atoms with Gasteiger partial charge in [0.25, 0.3) is 5.91 Å². The second kappa shape index (κ2) is 10.4. The van der Waals surface area contributed by atoms with Crippen LogP contribution in [-0.4, -0.2) is 28.6 Å². The highest BCUT2D eigenvalue weighted by atomic mass is 16.5. The largest absolute Gasteiger partial charge is 0.491 e. The van der Waals surface area contributed by atoms with Gasteiger partial charge in [0.05, 0.1) is 17.6 Å². The van der Waals surface area contributed by atoms with Gasteiger partial charge >= 0.3 is 0 Å². The Balaban J connectivity index is 1.24. The number of rotatable bonds is 9. The smallest absolute Gasteiger partial charge is 0.251 e. The van der Waals surface area contributed by atoms with Crippen molar-refractivity contribution in [3.8, 4) is 5.75 Å². The van der Waals surface area contributed by atoms with Crippen LogP contribution in [0, 0.1) is 6.92 Å². The molecule has 5 aromatic rings. The average molecular weight is 464 g/mol. The Morgan fingerprint density at radius 1 is 0.943 bits per heavy atom. The van der Waals surface area contributed by atoms with Crippen LogP contribution in [-0.2, 0) is 13.0 Å². The molecule has 0 radical (unpaired) electrons. The summed E-state index contributed by atoms with van der Waals surface area (Å²) in [6, 6.07) is 30.3. The third kappa shape index (κ3) is 5.19. The number of nitrogens with zero attached hydrogens (tertiary/aromatic N) is 2. The lowest BCUT2D eigenvalue weighted by Crippen LogP contribution is -2.25. The molecule has 1 aromatic heterocycles. The monoisotopic (exact) mass is 463 g/mol. The first kappa shape index (κ1) is 22.7. The van der Waals surface area contributed by atoms with Crippen LogP contribution in [0.3, 0.4) is 0 Å². The highest BCUT2D eigenvalue weighted by Gasteiger charge is 2.12. The number of ether oxygens (including phenoxy) is 1. The Hall–Kier alpha value is -4.12. The van der Waals surface area contributed by atoms with Crippen molar-refractivity contribution in [1.29, 1.82) is 0 Å². The molecule has 5 rings (SSSR count). The maximum Gasteiger partial charge on any atom is 0.251 e. The van der Waals surface area contributed by atoms with Gasteiger partial charge in [-0.25, -0.2) is 4.98 Å². The van der Waals surface area contributed by atoms with E-state index in [-0.39, 0.29) is 5.91 Å². The lowest BCUT2D eigenvalue weighted by molar-refractivity contribution is 0.0953. The molecule has 0 aliphatic rings. The molecule has 0 unspecified atom stereocenters. The van der Waals surface area contributed by atoms with E-state index in [0.29, 0.717) is 25.3 Å². The van der Waals surface area contributed by atoms with E-state index in [1.165, 1.54) is 5.39 Å². The molecule has 4 aromatic carbocycles. The Labute approximate surface area is 205 Å². The number of hydrogen-bond acceptors (Lipinski definition) is 3. The summed E-state index contributed by atoms with van der Waals surface area (Å²) in [5.74, 6) is 1.87. The van der Waals surface area contributed by atoms with E-state index in [0.717, 1.165) is 46.4 Å². The average Bonchev–Trinajstić information content (AvgIpc) is 3.24. The maximum absolute atomic E-state index is 12.4. The number of carbonyl (C=O) groups is 1. The van der Waals surface area contributed by atoms with Gasteiger partial charge in [0.1, 0.15) is 18.2 Å². The second-order valence-electron chi connectivity index (χ2n) is 8.72. The quantitative estimate of drug-likeness (QED) is 0.275. The third-order valence-electron chi connectivity index (χ3n) is 6.20. The number of fused-ring (bicyclic) bond motifs is 2. The Kier molecular flexibility index (Phi) is 6.75. The fraction of sp³-hybridized carbons (Fsp3) is 0.200. The molecule has 0 atom stereocenters. The molecular weight excluding hydrogens is 434 g/mol. The number of aromatic nitrogens is 2. The first-order valence-electron chi connectivity index (χ1n) is 12.1. The van der Waals surface area contributed by atoms with Crippen molar-refractivity contribution in [2.24, 2.45) is 0 Å². The number of amides is 1. The van der Waals surface area contributed by atoms with Crippen molar-refractivity contribution in [2.45, 2.75) is 26.3 Å². The van der Waals surface area contributed by atoms with Gasteiger partial charge in [0, 0.05) is 23.9 Å². The predicted octanol–water partition coefficient (Wildman–Crippen LogP) is 5.94. The van der Waals surface area contributed by atoms with Crippen molar-refractivity contribution in [3.05, 3.63) is 108 Å². The standard InChI is InChI=1S/C30H29N3O2/c1-22-9-6-12-24(21-22)30(34)31-18-8-17-29-32-26-14-4-5-15-27(26)33(29)19-20-35-28-16-7-11-23-10-2-3-13-25(23)28/h2-7,9-16,21H,8,17-20H2,1H3,(H,31,34). The molecule has 5 nitrogen and oxygen atoms in total. The van der Waals surface area contributed by atoms with Gasteiger partial charge in [0.2, 0.25) is 0 Å². The van der Waals surface area contributed by atoms with Gasteiger partial charge in [0.15, 0.2) is 0 Å². The second-order valence-corrected chi connectivity index (χ2v) is 8.72. The molecule has 0 aliphatic heterocycles. The third-order valence-corrected chi connectivity index (χ3v) is 6.20. The first-order valence-corrected chi connectivity index (χ1v) is 12.1. The zero-order valence-electron chi connectivity index (χ0n) is 19.9. The van der Waals surface area contributed by atoms with Crippen LogP contribution in [0.25, 0.3) is 21.8 Å². The number of nitrogens with one attached hydrogen (secondary N) is 1. The highest BCUT2D eigenvalue weighted by molar-refractivity contribution is 5.94. The molecular formula is C30H29N3O2. The van der Waals surface area contributed by atoms with E-state index in [4.69, 9.17) is 9.72 Å². The number of para-hydroxylation sites is 2. The van der Waals surface area contributed by atoms with Gasteiger partial charge in [-0.05, 0) is 49.1 Å². The lowest BCUT2D eigenvalue weighted by Gasteiger charge is -2.13. The van der Waals surface area contributed by atoms with Crippen molar-refractivity contribution in [1.82, 2.24) is 14.9 Å². The Morgan fingerprint density at radius 3 is 2.66 bits per heavy atom. The molecule has 0 fully saturated rings. The molecule has 176 valence electrons. The first-order chi connectivity index (χ1) is 17.2. The summed E-state index contributed by atoms with van der Waals surface area (Å²) in [5.41, 5.74) is 3.86. The van der Waals surface area contributed by atoms with E-state index in [1.807, 2.05) is 73.7 Å². The SMILES string of the molecule is Cc1cccc(C(=O)NCCCc2nc3ccccc3n2CCOc2cccc3ccccc23)c1. The van der Waals surface area contributed by atoms with Crippen LogP contribution in [0.2, 0.25) is 0 Å². The van der Waals surface area contributed by atoms with Crippen molar-refractivity contribution >= 4 is 27.7 Å². The van der Waals surface area contributed by atoms with Gasteiger partial charge in [-0.1, -0.05) is 66.2 Å². The summed E-state index contributed by atoms with van der Waals surface area (Å²) >= 11 is 0. The summed E-state index contributed by atoms with van der Waals surface area (Å²) in [6.07, 6.45) is 1.59. The van der Waals surface area contributed by atoms with E-state index in [9.17, 15) is 4.79 Å². The minimum absolute atomic E-state index is 0.0364. The summed E-state index contributed by atoms with van der Waals surface area (Å²) in [4.78, 5) is 17.3. The van der Waals surface area contributed by atoms with E-state index in [2.05, 4.69) is 34.1 Å². The molecule has 0 saturated carbocycles. The van der Waals surface area contributed by atoms with Crippen molar-refractivity contribution in [3.63, 3.8) is 0 Å². The molecule has 0 saturated heterocycles. The van der Waals surface area contributed by atoms with Crippen molar-refractivity contribution in [2.75, 3.05) is 13.2 Å². The molecule has 1 heterocycles. The summed E-state index contributed by atoms with van der Waals surface area (Å²) in [5, 5.41) is 5.32. The van der Waals surface area contributed by atoms with Crippen LogP contribution in [0.5, 0.6) is 5.75 Å². The molecule has 0 bridgehead atoms. The van der Waals surface area contributed by atoms with E-state index < -0.39 is 0 Å². The predicted molar refractivity (Wildman–Crippen MR) is 141 cm³/mol. The van der Waals surface area contributed by atoms with E-state index >= 15 is 0 Å². The minimum Gasteiger partial charge on any atom is -0.491 e. The highest BCUT2D eigenvalue weighted by Crippen LogP contribution is 2.25. The number of imidazole rings is 1. The summed E-state index contributed by atoms with van der Waals surface area (Å²) < 4.78 is 8.45. The van der Waals surface area contributed by atoms with Crippen LogP contribution in [0.1, 0.15) is 28.2 Å². The maximum atomic E-state index is 12.4. The Morgan fingerprint density at radius 2 is 1.74 bits per heavy atom. The fourth-order valence-electron chi connectivity index (χ4n) is 4.47. The number of benzene rings is 4. The lowest BCUT2D eigenvalue weighted by atomic mass is 10.1. The zero-order chi connectivity index (χ0) is 24.0. The zero-order valence-corrected chi connectivity index (χ0v) is 19.9. The van der Waals surface area contributed by atoms with Gasteiger partial charge in [-0.15, -0.1) is 0 Å². The van der Waals surface area contributed by atoms with Gasteiger partial charge in [-0.3, -0.25) is 4.79 Å². The molecule has 0 spiro atoms. The fourth-order valence-corrected chi connectivity index (χ4v) is 4.47. The van der Waals surface area contributed by atoms with E-state index in [1.54, 1.807) is 0 Å².